The molecule has 9 nitrogen and oxygen atoms in total. The number of anilines is 2. The number of fused-ring (bicyclic) bond motifs is 2. The molecule has 36 heavy (non-hydrogen) atoms. The maximum absolute atomic E-state index is 13.3. The van der Waals surface area contributed by atoms with E-state index in [4.69, 9.17) is 9.97 Å². The summed E-state index contributed by atoms with van der Waals surface area (Å²) in [6.45, 7) is 12.4. The van der Waals surface area contributed by atoms with E-state index in [-0.39, 0.29) is 22.4 Å². The van der Waals surface area contributed by atoms with Gasteiger partial charge < -0.3 is 10.6 Å². The lowest BCUT2D eigenvalue weighted by Crippen LogP contribution is -2.38. The number of hydrogen-bond acceptors (Lipinski definition) is 7. The van der Waals surface area contributed by atoms with Crippen LogP contribution in [0.3, 0.4) is 0 Å². The molecule has 4 heterocycles. The molecule has 0 bridgehead atoms. The lowest BCUT2D eigenvalue weighted by Gasteiger charge is -2.33. The molecule has 4 aromatic rings. The van der Waals surface area contributed by atoms with Crippen molar-refractivity contribution in [2.75, 3.05) is 11.9 Å². The molecule has 2 aliphatic rings. The summed E-state index contributed by atoms with van der Waals surface area (Å²) in [5.41, 5.74) is 4.03. The minimum atomic E-state index is -0.133. The molecule has 0 atom stereocenters. The predicted octanol–water partition coefficient (Wildman–Crippen LogP) is 4.13. The van der Waals surface area contributed by atoms with Gasteiger partial charge in [-0.3, -0.25) is 4.79 Å². The van der Waals surface area contributed by atoms with Crippen molar-refractivity contribution in [2.24, 2.45) is 0 Å². The van der Waals surface area contributed by atoms with Crippen LogP contribution < -0.4 is 16.2 Å². The van der Waals surface area contributed by atoms with Gasteiger partial charge in [0.25, 0.3) is 5.56 Å². The SMILES string of the molecule is CC(C)n1c(=O)c2cnc(Nc3ccc4c(c3)CNCC4(C)C)nc2n1-c1ccnc(C2(C)CC2)n1. The number of rotatable bonds is 5. The Balaban J connectivity index is 1.44. The van der Waals surface area contributed by atoms with E-state index in [1.165, 1.54) is 11.1 Å². The van der Waals surface area contributed by atoms with Gasteiger partial charge in [-0.1, -0.05) is 26.8 Å². The molecule has 6 rings (SSSR count). The summed E-state index contributed by atoms with van der Waals surface area (Å²) < 4.78 is 3.50. The molecule has 0 unspecified atom stereocenters. The summed E-state index contributed by atoms with van der Waals surface area (Å²) in [5.74, 6) is 1.88. The lowest BCUT2D eigenvalue weighted by atomic mass is 9.79. The number of nitrogens with zero attached hydrogens (tertiary/aromatic N) is 6. The van der Waals surface area contributed by atoms with E-state index in [1.54, 1.807) is 17.1 Å². The van der Waals surface area contributed by atoms with Crippen LogP contribution in [0.25, 0.3) is 16.9 Å². The summed E-state index contributed by atoms with van der Waals surface area (Å²) in [4.78, 5) is 32.0. The fourth-order valence-corrected chi connectivity index (χ4v) is 5.13. The molecular formula is C27H32N8O. The van der Waals surface area contributed by atoms with Crippen molar-refractivity contribution in [3.63, 3.8) is 0 Å². The van der Waals surface area contributed by atoms with Gasteiger partial charge in [-0.05, 0) is 49.9 Å². The van der Waals surface area contributed by atoms with E-state index in [9.17, 15) is 4.79 Å². The third-order valence-corrected chi connectivity index (χ3v) is 7.48. The highest BCUT2D eigenvalue weighted by Gasteiger charge is 2.42. The second kappa shape index (κ2) is 7.96. The minimum absolute atomic E-state index is 0.0134. The molecule has 2 N–H and O–H groups in total. The van der Waals surface area contributed by atoms with Crippen molar-refractivity contribution in [1.29, 1.82) is 0 Å². The molecule has 0 amide bonds. The van der Waals surface area contributed by atoms with E-state index in [1.807, 2.05) is 24.6 Å². The zero-order valence-electron chi connectivity index (χ0n) is 21.5. The standard InChI is InChI=1S/C27H32N8O/c1-16(2)34-23(36)19-14-30-25(31-18-6-7-20-17(12-18)13-28-15-26(20,3)4)33-22(19)35(34)21-8-11-29-24(32-21)27(5)9-10-27/h6-8,11-12,14,16,28H,9-10,13,15H2,1-5H3,(H,30,31,33). The van der Waals surface area contributed by atoms with Crippen LogP contribution >= 0.6 is 0 Å². The first-order valence-electron chi connectivity index (χ1n) is 12.6. The van der Waals surface area contributed by atoms with Crippen LogP contribution in [0.15, 0.2) is 41.5 Å². The fourth-order valence-electron chi connectivity index (χ4n) is 5.13. The van der Waals surface area contributed by atoms with E-state index < -0.39 is 0 Å². The molecule has 3 aromatic heterocycles. The first-order chi connectivity index (χ1) is 17.2. The van der Waals surface area contributed by atoms with Crippen molar-refractivity contribution in [3.8, 4) is 5.82 Å². The number of nitrogens with one attached hydrogen (secondary N) is 2. The zero-order chi connectivity index (χ0) is 25.2. The number of benzene rings is 1. The Morgan fingerprint density at radius 1 is 1.08 bits per heavy atom. The summed E-state index contributed by atoms with van der Waals surface area (Å²) in [7, 11) is 0. The van der Waals surface area contributed by atoms with E-state index in [2.05, 4.69) is 59.6 Å². The summed E-state index contributed by atoms with van der Waals surface area (Å²) in [5, 5.41) is 7.31. The predicted molar refractivity (Wildman–Crippen MR) is 140 cm³/mol. The van der Waals surface area contributed by atoms with Crippen LogP contribution in [0.1, 0.15) is 70.5 Å². The minimum Gasteiger partial charge on any atom is -0.324 e. The van der Waals surface area contributed by atoms with Crippen molar-refractivity contribution < 1.29 is 0 Å². The van der Waals surface area contributed by atoms with Gasteiger partial charge in [0.15, 0.2) is 11.5 Å². The maximum atomic E-state index is 13.3. The first-order valence-corrected chi connectivity index (χ1v) is 12.6. The van der Waals surface area contributed by atoms with Crippen molar-refractivity contribution in [1.82, 2.24) is 34.6 Å². The molecule has 0 radical (unpaired) electrons. The normalized spacial score (nSPS) is 17.8. The van der Waals surface area contributed by atoms with Crippen LogP contribution in [0.2, 0.25) is 0 Å². The highest BCUT2D eigenvalue weighted by molar-refractivity contribution is 5.77. The zero-order valence-corrected chi connectivity index (χ0v) is 21.5. The van der Waals surface area contributed by atoms with Gasteiger partial charge in [-0.2, -0.15) is 4.98 Å². The molecule has 0 spiro atoms. The molecule has 1 saturated carbocycles. The monoisotopic (exact) mass is 484 g/mol. The third kappa shape index (κ3) is 3.69. The van der Waals surface area contributed by atoms with Gasteiger partial charge in [0.1, 0.15) is 11.2 Å². The Bertz CT molecular complexity index is 1540. The lowest BCUT2D eigenvalue weighted by molar-refractivity contribution is 0.435. The molecule has 1 aliphatic carbocycles. The van der Waals surface area contributed by atoms with Crippen LogP contribution in [0.5, 0.6) is 0 Å². The van der Waals surface area contributed by atoms with Crippen LogP contribution in [0.4, 0.5) is 11.6 Å². The molecule has 1 fully saturated rings. The molecule has 9 heteroatoms. The Labute approximate surface area is 210 Å². The highest BCUT2D eigenvalue weighted by atomic mass is 16.1. The van der Waals surface area contributed by atoms with E-state index in [0.717, 1.165) is 37.4 Å². The highest BCUT2D eigenvalue weighted by Crippen LogP contribution is 2.45. The third-order valence-electron chi connectivity index (χ3n) is 7.48. The number of hydrogen-bond donors (Lipinski definition) is 2. The van der Waals surface area contributed by atoms with Crippen LogP contribution in [-0.2, 0) is 17.4 Å². The Kier molecular flexibility index (Phi) is 5.05. The second-order valence-corrected chi connectivity index (χ2v) is 11.3. The average Bonchev–Trinajstić information content (AvgIpc) is 3.53. The van der Waals surface area contributed by atoms with Crippen molar-refractivity contribution >= 4 is 22.7 Å². The molecular weight excluding hydrogens is 452 g/mol. The van der Waals surface area contributed by atoms with Gasteiger partial charge in [-0.25, -0.2) is 24.3 Å². The Morgan fingerprint density at radius 2 is 1.89 bits per heavy atom. The average molecular weight is 485 g/mol. The maximum Gasteiger partial charge on any atom is 0.278 e. The smallest absolute Gasteiger partial charge is 0.278 e. The number of aromatic nitrogens is 6. The fraction of sp³-hybridized carbons (Fsp3) is 0.444. The second-order valence-electron chi connectivity index (χ2n) is 11.3. The van der Waals surface area contributed by atoms with E-state index >= 15 is 0 Å². The van der Waals surface area contributed by atoms with Crippen molar-refractivity contribution in [3.05, 3.63) is 64.0 Å². The molecule has 1 aliphatic heterocycles. The van der Waals surface area contributed by atoms with Gasteiger partial charge in [0.2, 0.25) is 5.95 Å². The quantitative estimate of drug-likeness (QED) is 0.439. The van der Waals surface area contributed by atoms with Gasteiger partial charge in [0.05, 0.1) is 0 Å². The Morgan fingerprint density at radius 3 is 2.64 bits per heavy atom. The molecule has 186 valence electrons. The van der Waals surface area contributed by atoms with E-state index in [0.29, 0.717) is 22.8 Å². The van der Waals surface area contributed by atoms with Gasteiger partial charge >= 0.3 is 0 Å². The first kappa shape index (κ1) is 22.8. The topological polar surface area (TPSA) is 103 Å². The van der Waals surface area contributed by atoms with Crippen molar-refractivity contribution in [2.45, 2.75) is 70.9 Å². The van der Waals surface area contributed by atoms with Gasteiger partial charge in [0, 0.05) is 54.1 Å². The summed E-state index contributed by atoms with van der Waals surface area (Å²) in [6.07, 6.45) is 5.52. The van der Waals surface area contributed by atoms with Crippen LogP contribution in [-0.4, -0.2) is 35.8 Å². The largest absolute Gasteiger partial charge is 0.324 e. The van der Waals surface area contributed by atoms with Crippen LogP contribution in [0, 0.1) is 0 Å². The summed E-state index contributed by atoms with van der Waals surface area (Å²) in [6, 6.07) is 8.15. The summed E-state index contributed by atoms with van der Waals surface area (Å²) >= 11 is 0. The molecule has 1 aromatic carbocycles. The van der Waals surface area contributed by atoms with Gasteiger partial charge in [-0.15, -0.1) is 0 Å². The molecule has 0 saturated heterocycles. The Hall–Kier alpha value is -3.59.